The topological polar surface area (TPSA) is 93.5 Å². The van der Waals surface area contributed by atoms with Gasteiger partial charge in [-0.05, 0) is 37.7 Å². The van der Waals surface area contributed by atoms with Crippen molar-refractivity contribution >= 4 is 15.7 Å². The molecule has 0 saturated carbocycles. The predicted molar refractivity (Wildman–Crippen MR) is 75.6 cm³/mol. The maximum atomic E-state index is 11.5. The summed E-state index contributed by atoms with van der Waals surface area (Å²) in [6, 6.07) is 6.58. The highest BCUT2D eigenvalue weighted by Crippen LogP contribution is 2.13. The maximum absolute atomic E-state index is 11.5. The highest BCUT2D eigenvalue weighted by molar-refractivity contribution is 7.89. The van der Waals surface area contributed by atoms with E-state index < -0.39 is 10.0 Å². The Hall–Kier alpha value is -1.15. The predicted octanol–water partition coefficient (Wildman–Crippen LogP) is 0.370. The molecular formula is C12H21N3O3S. The number of rotatable bonds is 8. The number of nitrogens with one attached hydrogen (secondary N) is 2. The lowest BCUT2D eigenvalue weighted by molar-refractivity contribution is 0.178. The Balaban J connectivity index is 2.49. The van der Waals surface area contributed by atoms with Crippen LogP contribution in [0.3, 0.4) is 0 Å². The number of ether oxygens (including phenoxy) is 1. The van der Waals surface area contributed by atoms with E-state index in [1.165, 1.54) is 7.05 Å². The molecule has 1 atom stereocenters. The van der Waals surface area contributed by atoms with Gasteiger partial charge < -0.3 is 15.8 Å². The van der Waals surface area contributed by atoms with E-state index in [9.17, 15) is 8.42 Å². The minimum absolute atomic E-state index is 0.00134. The summed E-state index contributed by atoms with van der Waals surface area (Å²) in [4.78, 5) is 0.247. The van der Waals surface area contributed by atoms with E-state index >= 15 is 0 Å². The van der Waals surface area contributed by atoms with Gasteiger partial charge in [-0.15, -0.1) is 0 Å². The summed E-state index contributed by atoms with van der Waals surface area (Å²) in [5.41, 5.74) is 6.66. The highest BCUT2D eigenvalue weighted by atomic mass is 32.2. The molecule has 0 aromatic heterocycles. The first-order valence-corrected chi connectivity index (χ1v) is 7.50. The van der Waals surface area contributed by atoms with Crippen molar-refractivity contribution in [2.75, 3.05) is 32.6 Å². The second-order valence-electron chi connectivity index (χ2n) is 4.16. The van der Waals surface area contributed by atoms with Crippen LogP contribution in [0.25, 0.3) is 0 Å². The molecule has 1 rings (SSSR count). The molecule has 1 aromatic rings. The molecule has 0 aliphatic carbocycles. The number of hydrogen-bond acceptors (Lipinski definition) is 5. The third kappa shape index (κ3) is 5.15. The Kier molecular flexibility index (Phi) is 6.23. The molecule has 4 N–H and O–H groups in total. The molecule has 19 heavy (non-hydrogen) atoms. The molecule has 1 aromatic carbocycles. The molecule has 108 valence electrons. The largest absolute Gasteiger partial charge is 0.385 e. The Morgan fingerprint density at radius 2 is 1.95 bits per heavy atom. The van der Waals surface area contributed by atoms with Crippen molar-refractivity contribution in [3.63, 3.8) is 0 Å². The van der Waals surface area contributed by atoms with E-state index in [2.05, 4.69) is 10.0 Å². The number of hydrogen-bond donors (Lipinski definition) is 3. The summed E-state index contributed by atoms with van der Waals surface area (Å²) in [5, 5.41) is 3.18. The van der Waals surface area contributed by atoms with Gasteiger partial charge in [0.2, 0.25) is 10.0 Å². The van der Waals surface area contributed by atoms with E-state index in [4.69, 9.17) is 10.5 Å². The van der Waals surface area contributed by atoms with Crippen LogP contribution < -0.4 is 15.8 Å². The lowest BCUT2D eigenvalue weighted by Gasteiger charge is -2.12. The lowest BCUT2D eigenvalue weighted by Crippen LogP contribution is -2.28. The Bertz CT molecular complexity index is 473. The zero-order valence-corrected chi connectivity index (χ0v) is 12.0. The summed E-state index contributed by atoms with van der Waals surface area (Å²) in [5.74, 6) is 0. The van der Waals surface area contributed by atoms with Crippen molar-refractivity contribution in [1.29, 1.82) is 0 Å². The summed E-state index contributed by atoms with van der Waals surface area (Å²) in [6.07, 6.45) is 0.782. The van der Waals surface area contributed by atoms with Crippen molar-refractivity contribution in [1.82, 2.24) is 4.72 Å². The van der Waals surface area contributed by atoms with Crippen LogP contribution in [-0.4, -0.2) is 41.8 Å². The molecule has 7 heteroatoms. The molecule has 6 nitrogen and oxygen atoms in total. The first-order valence-electron chi connectivity index (χ1n) is 6.01. The van der Waals surface area contributed by atoms with Crippen molar-refractivity contribution in [2.45, 2.75) is 17.4 Å². The van der Waals surface area contributed by atoms with E-state index in [0.717, 1.165) is 12.1 Å². The average Bonchev–Trinajstić information content (AvgIpc) is 2.40. The van der Waals surface area contributed by atoms with Crippen LogP contribution in [0.2, 0.25) is 0 Å². The van der Waals surface area contributed by atoms with Crippen LogP contribution in [0.15, 0.2) is 29.2 Å². The monoisotopic (exact) mass is 287 g/mol. The number of benzene rings is 1. The minimum Gasteiger partial charge on any atom is -0.385 e. The van der Waals surface area contributed by atoms with Gasteiger partial charge in [-0.1, -0.05) is 0 Å². The third-order valence-electron chi connectivity index (χ3n) is 2.66. The standard InChI is InChI=1S/C12H21N3O3S/c1-14-19(16,17)12-5-3-11(4-6-12)15-8-7-10(13)9-18-2/h3-6,10,14-15H,7-9,13H2,1-2H3. The average molecular weight is 287 g/mol. The van der Waals surface area contributed by atoms with Gasteiger partial charge in [0.25, 0.3) is 0 Å². The second-order valence-corrected chi connectivity index (χ2v) is 6.05. The molecule has 0 spiro atoms. The van der Waals surface area contributed by atoms with Gasteiger partial charge in [0.1, 0.15) is 0 Å². The number of nitrogens with two attached hydrogens (primary N) is 1. The van der Waals surface area contributed by atoms with E-state index in [0.29, 0.717) is 13.2 Å². The van der Waals surface area contributed by atoms with Crippen LogP contribution in [0.1, 0.15) is 6.42 Å². The molecule has 1 unspecified atom stereocenters. The maximum Gasteiger partial charge on any atom is 0.240 e. The summed E-state index contributed by atoms with van der Waals surface area (Å²) in [7, 11) is -0.364. The van der Waals surface area contributed by atoms with E-state index in [1.54, 1.807) is 31.4 Å². The fourth-order valence-corrected chi connectivity index (χ4v) is 2.30. The van der Waals surface area contributed by atoms with Crippen molar-refractivity contribution in [3.05, 3.63) is 24.3 Å². The zero-order chi connectivity index (χ0) is 14.3. The molecule has 0 amide bonds. The van der Waals surface area contributed by atoms with Gasteiger partial charge in [-0.25, -0.2) is 13.1 Å². The van der Waals surface area contributed by atoms with Crippen molar-refractivity contribution in [3.8, 4) is 0 Å². The van der Waals surface area contributed by atoms with Gasteiger partial charge in [0.15, 0.2) is 0 Å². The van der Waals surface area contributed by atoms with Gasteiger partial charge in [0, 0.05) is 25.4 Å². The SMILES string of the molecule is CNS(=O)(=O)c1ccc(NCCC(N)COC)cc1. The second kappa shape index (κ2) is 7.44. The van der Waals surface area contributed by atoms with Crippen molar-refractivity contribution in [2.24, 2.45) is 5.73 Å². The Morgan fingerprint density at radius 1 is 1.32 bits per heavy atom. The van der Waals surface area contributed by atoms with E-state index in [1.807, 2.05) is 0 Å². The van der Waals surface area contributed by atoms with Crippen LogP contribution in [0, 0.1) is 0 Å². The first kappa shape index (κ1) is 15.9. The first-order chi connectivity index (χ1) is 8.99. The Morgan fingerprint density at radius 3 is 2.47 bits per heavy atom. The number of methoxy groups -OCH3 is 1. The van der Waals surface area contributed by atoms with Crippen LogP contribution >= 0.6 is 0 Å². The summed E-state index contributed by atoms with van der Waals surface area (Å²) < 4.78 is 30.3. The lowest BCUT2D eigenvalue weighted by atomic mass is 10.2. The fourth-order valence-electron chi connectivity index (χ4n) is 1.57. The van der Waals surface area contributed by atoms with Gasteiger partial charge in [-0.3, -0.25) is 0 Å². The van der Waals surface area contributed by atoms with Gasteiger partial charge in [-0.2, -0.15) is 0 Å². The molecule has 0 aliphatic heterocycles. The fraction of sp³-hybridized carbons (Fsp3) is 0.500. The van der Waals surface area contributed by atoms with Crippen LogP contribution in [-0.2, 0) is 14.8 Å². The molecular weight excluding hydrogens is 266 g/mol. The van der Waals surface area contributed by atoms with Crippen LogP contribution in [0.4, 0.5) is 5.69 Å². The normalized spacial score (nSPS) is 13.2. The summed E-state index contributed by atoms with van der Waals surface area (Å²) in [6.45, 7) is 1.24. The number of anilines is 1. The smallest absolute Gasteiger partial charge is 0.240 e. The molecule has 0 aliphatic rings. The van der Waals surface area contributed by atoms with Gasteiger partial charge in [0.05, 0.1) is 11.5 Å². The number of sulfonamides is 1. The molecule has 0 fully saturated rings. The summed E-state index contributed by atoms with van der Waals surface area (Å²) >= 11 is 0. The Labute approximate surface area is 114 Å². The zero-order valence-electron chi connectivity index (χ0n) is 11.2. The molecule has 0 radical (unpaired) electrons. The highest BCUT2D eigenvalue weighted by Gasteiger charge is 2.10. The quantitative estimate of drug-likeness (QED) is 0.642. The van der Waals surface area contributed by atoms with Crippen molar-refractivity contribution < 1.29 is 13.2 Å². The molecule has 0 bridgehead atoms. The molecule has 0 heterocycles. The van der Waals surface area contributed by atoms with Gasteiger partial charge >= 0.3 is 0 Å². The molecule has 0 saturated heterocycles. The van der Waals surface area contributed by atoms with E-state index in [-0.39, 0.29) is 10.9 Å². The van der Waals surface area contributed by atoms with Crippen LogP contribution in [0.5, 0.6) is 0 Å². The minimum atomic E-state index is -3.37. The third-order valence-corrected chi connectivity index (χ3v) is 4.09.